The smallest absolute Gasteiger partial charge is 0.256 e. The van der Waals surface area contributed by atoms with E-state index in [0.29, 0.717) is 34.3 Å². The molecule has 0 saturated carbocycles. The van der Waals surface area contributed by atoms with Crippen molar-refractivity contribution in [2.45, 2.75) is 19.9 Å². The lowest BCUT2D eigenvalue weighted by Crippen LogP contribution is -2.08. The van der Waals surface area contributed by atoms with Crippen molar-refractivity contribution in [3.63, 3.8) is 0 Å². The van der Waals surface area contributed by atoms with Crippen LogP contribution in [0.5, 0.6) is 0 Å². The number of nitrogens with zero attached hydrogens (tertiary/aromatic N) is 6. The molecule has 10 heteroatoms. The van der Waals surface area contributed by atoms with Crippen LogP contribution >= 0.6 is 0 Å². The Morgan fingerprint density at radius 3 is 2.73 bits per heavy atom. The molecule has 5 rings (SSSR count). The summed E-state index contributed by atoms with van der Waals surface area (Å²) in [4.78, 5) is 24.9. The highest BCUT2D eigenvalue weighted by atomic mass is 19.3. The number of aryl methyl sites for hydroxylation is 1. The number of hydrogen-bond acceptors (Lipinski definition) is 6. The molecule has 2 N–H and O–H groups in total. The summed E-state index contributed by atoms with van der Waals surface area (Å²) in [5.41, 5.74) is 3.88. The van der Waals surface area contributed by atoms with E-state index in [0.717, 1.165) is 16.6 Å². The third kappa shape index (κ3) is 3.21. The summed E-state index contributed by atoms with van der Waals surface area (Å²) in [6, 6.07) is 7.23. The van der Waals surface area contributed by atoms with Crippen LogP contribution in [-0.4, -0.2) is 40.9 Å². The summed E-state index contributed by atoms with van der Waals surface area (Å²) in [6.07, 6.45) is 4.35. The third-order valence-corrected chi connectivity index (χ3v) is 4.75. The first kappa shape index (κ1) is 18.1. The molecule has 0 saturated heterocycles. The van der Waals surface area contributed by atoms with Gasteiger partial charge in [-0.1, -0.05) is 0 Å². The quantitative estimate of drug-likeness (QED) is 0.456. The minimum atomic E-state index is -2.49. The van der Waals surface area contributed by atoms with Gasteiger partial charge in [-0.3, -0.25) is 4.98 Å². The lowest BCUT2D eigenvalue weighted by atomic mass is 10.1. The van der Waals surface area contributed by atoms with E-state index >= 15 is 0 Å². The van der Waals surface area contributed by atoms with Crippen molar-refractivity contribution in [2.75, 3.05) is 5.32 Å². The molecule has 0 aliphatic carbocycles. The van der Waals surface area contributed by atoms with Crippen LogP contribution in [0.4, 0.5) is 20.4 Å². The zero-order chi connectivity index (χ0) is 20.7. The van der Waals surface area contributed by atoms with Crippen molar-refractivity contribution in [2.24, 2.45) is 0 Å². The highest BCUT2D eigenvalue weighted by molar-refractivity contribution is 5.93. The maximum absolute atomic E-state index is 13.0. The van der Waals surface area contributed by atoms with E-state index in [1.165, 1.54) is 4.57 Å². The zero-order valence-electron chi connectivity index (χ0n) is 15.8. The summed E-state index contributed by atoms with van der Waals surface area (Å²) < 4.78 is 27.4. The molecule has 0 fully saturated rings. The molecule has 0 amide bonds. The second-order valence-electron chi connectivity index (χ2n) is 6.72. The number of halogens is 2. The largest absolute Gasteiger partial charge is 0.345 e. The van der Waals surface area contributed by atoms with Crippen LogP contribution in [0, 0.1) is 6.92 Å². The van der Waals surface area contributed by atoms with E-state index in [-0.39, 0.29) is 0 Å². The van der Waals surface area contributed by atoms with Crippen molar-refractivity contribution in [3.05, 3.63) is 54.9 Å². The normalized spacial score (nSPS) is 11.6. The Labute approximate surface area is 169 Å². The van der Waals surface area contributed by atoms with Gasteiger partial charge in [0.2, 0.25) is 5.95 Å². The van der Waals surface area contributed by atoms with Crippen LogP contribution in [0.2, 0.25) is 0 Å². The Kier molecular flexibility index (Phi) is 4.31. The van der Waals surface area contributed by atoms with Crippen molar-refractivity contribution < 1.29 is 8.78 Å². The maximum atomic E-state index is 13.0. The van der Waals surface area contributed by atoms with Gasteiger partial charge in [-0.15, -0.1) is 0 Å². The van der Waals surface area contributed by atoms with Crippen LogP contribution in [0.15, 0.2) is 49.1 Å². The highest BCUT2D eigenvalue weighted by Gasteiger charge is 2.16. The Hall–Kier alpha value is -3.95. The van der Waals surface area contributed by atoms with Crippen molar-refractivity contribution in [1.29, 1.82) is 0 Å². The Morgan fingerprint density at radius 2 is 1.93 bits per heavy atom. The van der Waals surface area contributed by atoms with Gasteiger partial charge in [0.1, 0.15) is 17.0 Å². The van der Waals surface area contributed by atoms with E-state index in [2.05, 4.69) is 35.2 Å². The number of aromatic amines is 1. The Balaban J connectivity index is 1.53. The minimum Gasteiger partial charge on any atom is -0.345 e. The molecular weight excluding hydrogens is 390 g/mol. The number of rotatable bonds is 5. The number of anilines is 2. The fourth-order valence-corrected chi connectivity index (χ4v) is 3.37. The molecule has 0 atom stereocenters. The van der Waals surface area contributed by atoms with Gasteiger partial charge in [-0.25, -0.2) is 23.7 Å². The molecule has 0 radical (unpaired) electrons. The highest BCUT2D eigenvalue weighted by Crippen LogP contribution is 2.28. The van der Waals surface area contributed by atoms with Crippen molar-refractivity contribution >= 4 is 33.8 Å². The van der Waals surface area contributed by atoms with Crippen molar-refractivity contribution in [3.8, 4) is 11.3 Å². The average Bonchev–Trinajstić information content (AvgIpc) is 3.29. The van der Waals surface area contributed by atoms with Gasteiger partial charge >= 0.3 is 0 Å². The summed E-state index contributed by atoms with van der Waals surface area (Å²) in [7, 11) is 0. The van der Waals surface area contributed by atoms with Gasteiger partial charge in [0.05, 0.1) is 12.2 Å². The summed E-state index contributed by atoms with van der Waals surface area (Å²) in [5, 5.41) is 3.89. The zero-order valence-corrected chi connectivity index (χ0v) is 15.8. The number of nitrogens with one attached hydrogen (secondary N) is 2. The molecule has 0 bridgehead atoms. The molecule has 5 aromatic rings. The number of alkyl halides is 2. The molecule has 5 heterocycles. The monoisotopic (exact) mass is 406 g/mol. The molecular formula is C20H16F2N8. The number of pyridine rings is 2. The number of hydrogen-bond donors (Lipinski definition) is 2. The maximum Gasteiger partial charge on any atom is 0.256 e. The standard InChI is InChI=1S/C20H16F2N8/c1-11-26-16-3-2-15(28-19(16)30(11)10-17(21)22)13-8-24-18-14(13)9-25-20(29-18)27-12-4-6-23-7-5-12/h2-9,17H,10H2,1H3,(H2,23,24,25,27,29). The van der Waals surface area contributed by atoms with Gasteiger partial charge in [0, 0.05) is 41.4 Å². The van der Waals surface area contributed by atoms with Gasteiger partial charge in [0.15, 0.2) is 5.65 Å². The lowest BCUT2D eigenvalue weighted by molar-refractivity contribution is 0.127. The first-order valence-electron chi connectivity index (χ1n) is 9.22. The molecule has 0 aromatic carbocycles. The van der Waals surface area contributed by atoms with E-state index in [4.69, 9.17) is 0 Å². The second kappa shape index (κ2) is 7.14. The Bertz CT molecular complexity index is 1340. The summed E-state index contributed by atoms with van der Waals surface area (Å²) in [5.74, 6) is 0.945. The number of imidazole rings is 1. The minimum absolute atomic E-state index is 0.427. The number of H-pyrrole nitrogens is 1. The van der Waals surface area contributed by atoms with Gasteiger partial charge in [0.25, 0.3) is 6.43 Å². The van der Waals surface area contributed by atoms with Crippen LogP contribution in [0.3, 0.4) is 0 Å². The molecule has 150 valence electrons. The molecule has 0 aliphatic rings. The molecule has 0 aliphatic heterocycles. The van der Waals surface area contributed by atoms with E-state index in [9.17, 15) is 8.78 Å². The predicted molar refractivity (Wildman–Crippen MR) is 109 cm³/mol. The summed E-state index contributed by atoms with van der Waals surface area (Å²) >= 11 is 0. The SMILES string of the molecule is Cc1nc2ccc(-c3c[nH]c4nc(Nc5ccncc5)ncc34)nc2n1CC(F)F. The number of fused-ring (bicyclic) bond motifs is 2. The first-order valence-corrected chi connectivity index (χ1v) is 9.22. The van der Waals surface area contributed by atoms with Crippen molar-refractivity contribution in [1.82, 2.24) is 34.5 Å². The third-order valence-electron chi connectivity index (χ3n) is 4.75. The molecule has 0 spiro atoms. The molecule has 0 unspecified atom stereocenters. The van der Waals surface area contributed by atoms with E-state index in [1.807, 2.05) is 18.2 Å². The Morgan fingerprint density at radius 1 is 1.10 bits per heavy atom. The topological polar surface area (TPSA) is 97.2 Å². The van der Waals surface area contributed by atoms with Crippen LogP contribution in [-0.2, 0) is 6.54 Å². The summed E-state index contributed by atoms with van der Waals surface area (Å²) in [6.45, 7) is 1.25. The predicted octanol–water partition coefficient (Wildman–Crippen LogP) is 4.08. The van der Waals surface area contributed by atoms with Gasteiger partial charge in [-0.05, 0) is 31.2 Å². The van der Waals surface area contributed by atoms with E-state index in [1.54, 1.807) is 37.8 Å². The fourth-order valence-electron chi connectivity index (χ4n) is 3.37. The van der Waals surface area contributed by atoms with Crippen LogP contribution < -0.4 is 5.32 Å². The first-order chi connectivity index (χ1) is 14.6. The van der Waals surface area contributed by atoms with Gasteiger partial charge < -0.3 is 14.9 Å². The lowest BCUT2D eigenvalue weighted by Gasteiger charge is -2.06. The average molecular weight is 406 g/mol. The second-order valence-corrected chi connectivity index (χ2v) is 6.72. The molecule has 30 heavy (non-hydrogen) atoms. The van der Waals surface area contributed by atoms with Crippen LogP contribution in [0.1, 0.15) is 5.82 Å². The van der Waals surface area contributed by atoms with E-state index < -0.39 is 13.0 Å². The fraction of sp³-hybridized carbons (Fsp3) is 0.150. The molecule has 8 nitrogen and oxygen atoms in total. The number of aromatic nitrogens is 7. The van der Waals surface area contributed by atoms with Crippen LogP contribution in [0.25, 0.3) is 33.5 Å². The van der Waals surface area contributed by atoms with Gasteiger partial charge in [-0.2, -0.15) is 4.98 Å². The molecule has 5 aromatic heterocycles.